The van der Waals surface area contributed by atoms with Crippen LogP contribution in [0.1, 0.15) is 56.5 Å². The van der Waals surface area contributed by atoms with Crippen LogP contribution in [0.5, 0.6) is 0 Å². The highest BCUT2D eigenvalue weighted by Crippen LogP contribution is 2.38. The van der Waals surface area contributed by atoms with Crippen molar-refractivity contribution in [2.24, 2.45) is 5.92 Å². The van der Waals surface area contributed by atoms with Crippen LogP contribution in [0.3, 0.4) is 0 Å². The lowest BCUT2D eigenvalue weighted by molar-refractivity contribution is -0.143. The van der Waals surface area contributed by atoms with Gasteiger partial charge in [0.25, 0.3) is 0 Å². The zero-order chi connectivity index (χ0) is 24.7. The Kier molecular flexibility index (Phi) is 6.69. The highest BCUT2D eigenvalue weighted by Gasteiger charge is 2.31. The Morgan fingerprint density at radius 2 is 1.91 bits per heavy atom. The zero-order valence-corrected chi connectivity index (χ0v) is 19.9. The largest absolute Gasteiger partial charge is 0.393 e. The SMILES string of the molecule is C[C@H](Cc1ncc2c(-c3cncc([S@@](C)(=N)=O)c3)cc(C3CCC(O)CC3)n2n1)CC(F)(F)F. The van der Waals surface area contributed by atoms with Gasteiger partial charge in [0.05, 0.1) is 32.4 Å². The number of pyridine rings is 1. The van der Waals surface area contributed by atoms with E-state index in [1.54, 1.807) is 23.0 Å². The second-order valence-electron chi connectivity index (χ2n) is 9.34. The highest BCUT2D eigenvalue weighted by molar-refractivity contribution is 7.91. The van der Waals surface area contributed by atoms with E-state index in [1.165, 1.54) is 19.4 Å². The molecule has 0 aliphatic heterocycles. The van der Waals surface area contributed by atoms with Crippen LogP contribution in [0.4, 0.5) is 13.2 Å². The maximum atomic E-state index is 12.8. The van der Waals surface area contributed by atoms with Gasteiger partial charge in [-0.1, -0.05) is 6.92 Å². The minimum absolute atomic E-state index is 0.0968. The van der Waals surface area contributed by atoms with E-state index in [2.05, 4.69) is 15.1 Å². The number of aliphatic hydroxyl groups excluding tert-OH is 1. The van der Waals surface area contributed by atoms with Crippen LogP contribution in [0.2, 0.25) is 0 Å². The highest BCUT2D eigenvalue weighted by atomic mass is 32.2. The Labute approximate surface area is 196 Å². The number of nitrogens with zero attached hydrogens (tertiary/aromatic N) is 4. The van der Waals surface area contributed by atoms with Gasteiger partial charge in [-0.15, -0.1) is 0 Å². The Bertz CT molecular complexity index is 1280. The van der Waals surface area contributed by atoms with Gasteiger partial charge in [-0.25, -0.2) is 18.5 Å². The molecule has 1 fully saturated rings. The van der Waals surface area contributed by atoms with Crippen molar-refractivity contribution in [2.75, 3.05) is 6.26 Å². The first-order valence-electron chi connectivity index (χ1n) is 11.2. The predicted octanol–water partition coefficient (Wildman–Crippen LogP) is 4.98. The molecule has 0 radical (unpaired) electrons. The Morgan fingerprint density at radius 3 is 2.56 bits per heavy atom. The summed E-state index contributed by atoms with van der Waals surface area (Å²) in [6, 6.07) is 3.64. The summed E-state index contributed by atoms with van der Waals surface area (Å²) in [5.41, 5.74) is 2.99. The van der Waals surface area contributed by atoms with E-state index in [-0.39, 0.29) is 18.4 Å². The molecule has 3 aromatic rings. The molecule has 7 nitrogen and oxygen atoms in total. The van der Waals surface area contributed by atoms with Crippen molar-refractivity contribution in [2.45, 2.75) is 68.5 Å². The van der Waals surface area contributed by atoms with Crippen molar-refractivity contribution >= 4 is 15.2 Å². The molecule has 0 spiro atoms. The zero-order valence-electron chi connectivity index (χ0n) is 19.0. The minimum atomic E-state index is -4.24. The van der Waals surface area contributed by atoms with Crippen LogP contribution in [-0.2, 0) is 16.1 Å². The van der Waals surface area contributed by atoms with E-state index >= 15 is 0 Å². The predicted molar refractivity (Wildman–Crippen MR) is 122 cm³/mol. The number of alkyl halides is 3. The lowest BCUT2D eigenvalue weighted by Crippen LogP contribution is -2.19. The first-order chi connectivity index (χ1) is 15.9. The summed E-state index contributed by atoms with van der Waals surface area (Å²) in [6.07, 6.45) is 3.47. The molecule has 4 rings (SSSR count). The maximum absolute atomic E-state index is 12.8. The van der Waals surface area contributed by atoms with E-state index in [9.17, 15) is 22.5 Å². The summed E-state index contributed by atoms with van der Waals surface area (Å²) in [7, 11) is -2.96. The van der Waals surface area contributed by atoms with Gasteiger partial charge in [0.15, 0.2) is 0 Å². The Hall–Kier alpha value is -2.53. The fourth-order valence-corrected chi connectivity index (χ4v) is 5.21. The minimum Gasteiger partial charge on any atom is -0.393 e. The van der Waals surface area contributed by atoms with Gasteiger partial charge in [-0.05, 0) is 43.7 Å². The summed E-state index contributed by atoms with van der Waals surface area (Å²) < 4.78 is 60.3. The molecule has 1 aliphatic rings. The molecular weight excluding hydrogens is 467 g/mol. The normalized spacial score (nSPS) is 21.9. The van der Waals surface area contributed by atoms with E-state index in [0.717, 1.165) is 24.1 Å². The third kappa shape index (κ3) is 5.57. The molecule has 2 N–H and O–H groups in total. The third-order valence-corrected chi connectivity index (χ3v) is 7.41. The second-order valence-corrected chi connectivity index (χ2v) is 11.5. The van der Waals surface area contributed by atoms with Crippen molar-refractivity contribution < 1.29 is 22.5 Å². The Balaban J connectivity index is 1.78. The number of hydrogen-bond donors (Lipinski definition) is 2. The molecule has 184 valence electrons. The van der Waals surface area contributed by atoms with Crippen molar-refractivity contribution in [3.8, 4) is 11.1 Å². The van der Waals surface area contributed by atoms with Gasteiger partial charge in [0, 0.05) is 54.2 Å². The third-order valence-electron chi connectivity index (χ3n) is 6.29. The first kappa shape index (κ1) is 24.6. The van der Waals surface area contributed by atoms with E-state index in [4.69, 9.17) is 4.78 Å². The van der Waals surface area contributed by atoms with Crippen molar-refractivity contribution in [3.63, 3.8) is 0 Å². The molecule has 1 saturated carbocycles. The molecular formula is C23H28F3N5O2S. The molecule has 0 amide bonds. The van der Waals surface area contributed by atoms with Gasteiger partial charge >= 0.3 is 6.18 Å². The van der Waals surface area contributed by atoms with E-state index in [0.29, 0.717) is 34.6 Å². The molecule has 34 heavy (non-hydrogen) atoms. The van der Waals surface area contributed by atoms with Gasteiger partial charge in [0.1, 0.15) is 5.82 Å². The van der Waals surface area contributed by atoms with Crippen molar-refractivity contribution in [1.82, 2.24) is 19.6 Å². The second kappa shape index (κ2) is 9.26. The topological polar surface area (TPSA) is 104 Å². The van der Waals surface area contributed by atoms with Gasteiger partial charge < -0.3 is 5.11 Å². The molecule has 11 heteroatoms. The standard InChI is InChI=1S/C23H28F3N5O2S/c1-14(10-23(24,25)26)7-22-29-13-21-19(16-8-18(12-28-11-16)34(2,27)33)9-20(31(21)30-22)15-3-5-17(32)6-4-15/h8-9,11-15,17,27,32H,3-7,10H2,1-2H3/t14-,15?,17?,34+/m1/s1. The van der Waals surface area contributed by atoms with Gasteiger partial charge in [-0.3, -0.25) is 4.98 Å². The van der Waals surface area contributed by atoms with Crippen molar-refractivity contribution in [3.05, 3.63) is 42.2 Å². The quantitative estimate of drug-likeness (QED) is 0.502. The fourth-order valence-electron chi connectivity index (χ4n) is 4.59. The fraction of sp³-hybridized carbons (Fsp3) is 0.522. The number of rotatable bonds is 6. The smallest absolute Gasteiger partial charge is 0.389 e. The van der Waals surface area contributed by atoms with Crippen LogP contribution in [0, 0.1) is 10.7 Å². The lowest BCUT2D eigenvalue weighted by atomic mass is 9.85. The molecule has 3 aromatic heterocycles. The first-order valence-corrected chi connectivity index (χ1v) is 13.2. The number of aromatic nitrogens is 4. The molecule has 0 saturated heterocycles. The average molecular weight is 496 g/mol. The number of fused-ring (bicyclic) bond motifs is 1. The molecule has 0 unspecified atom stereocenters. The summed E-state index contributed by atoms with van der Waals surface area (Å²) in [6.45, 7) is 1.53. The number of halogens is 3. The molecule has 2 atom stereocenters. The molecule has 0 aromatic carbocycles. The maximum Gasteiger partial charge on any atom is 0.389 e. The van der Waals surface area contributed by atoms with Gasteiger partial charge in [-0.2, -0.15) is 18.3 Å². The van der Waals surface area contributed by atoms with Crippen LogP contribution in [0.25, 0.3) is 16.6 Å². The van der Waals surface area contributed by atoms with Gasteiger partial charge in [0.2, 0.25) is 0 Å². The average Bonchev–Trinajstić information content (AvgIpc) is 3.11. The molecule has 0 bridgehead atoms. The van der Waals surface area contributed by atoms with E-state index in [1.807, 2.05) is 6.07 Å². The van der Waals surface area contributed by atoms with E-state index < -0.39 is 28.2 Å². The van der Waals surface area contributed by atoms with Crippen LogP contribution in [0.15, 0.2) is 35.6 Å². The number of nitrogens with one attached hydrogen (secondary N) is 1. The van der Waals surface area contributed by atoms with Crippen molar-refractivity contribution in [1.29, 1.82) is 4.78 Å². The number of aliphatic hydroxyl groups is 1. The van der Waals surface area contributed by atoms with Crippen LogP contribution >= 0.6 is 0 Å². The summed E-state index contributed by atoms with van der Waals surface area (Å²) in [4.78, 5) is 8.83. The molecule has 3 heterocycles. The number of hydrogen-bond acceptors (Lipinski definition) is 6. The van der Waals surface area contributed by atoms with Crippen LogP contribution < -0.4 is 0 Å². The Morgan fingerprint density at radius 1 is 1.21 bits per heavy atom. The lowest BCUT2D eigenvalue weighted by Gasteiger charge is -2.25. The summed E-state index contributed by atoms with van der Waals surface area (Å²) in [5.74, 6) is -0.197. The summed E-state index contributed by atoms with van der Waals surface area (Å²) in [5, 5.41) is 14.6. The van der Waals surface area contributed by atoms with Crippen LogP contribution in [-0.4, -0.2) is 47.4 Å². The summed E-state index contributed by atoms with van der Waals surface area (Å²) >= 11 is 0. The monoisotopic (exact) mass is 495 g/mol. The molecule has 1 aliphatic carbocycles.